The molecule has 2 aromatic carbocycles. The Morgan fingerprint density at radius 1 is 1.22 bits per heavy atom. The van der Waals surface area contributed by atoms with Gasteiger partial charge in [0.2, 0.25) is 5.91 Å². The Labute approximate surface area is 135 Å². The van der Waals surface area contributed by atoms with Crippen molar-refractivity contribution in [2.24, 2.45) is 5.92 Å². The molecule has 4 nitrogen and oxygen atoms in total. The highest BCUT2D eigenvalue weighted by Crippen LogP contribution is 2.30. The molecule has 0 aromatic heterocycles. The van der Waals surface area contributed by atoms with Crippen LogP contribution in [-0.4, -0.2) is 31.5 Å². The molecule has 1 amide bonds. The number of rotatable bonds is 4. The minimum absolute atomic E-state index is 0.0844. The van der Waals surface area contributed by atoms with Crippen LogP contribution in [0.15, 0.2) is 42.5 Å². The molecular formula is C17H18FNO3S. The van der Waals surface area contributed by atoms with Crippen molar-refractivity contribution in [2.75, 3.05) is 12.3 Å². The molecule has 1 fully saturated rings. The van der Waals surface area contributed by atoms with Gasteiger partial charge in [0.25, 0.3) is 0 Å². The van der Waals surface area contributed by atoms with Crippen LogP contribution in [0.25, 0.3) is 10.8 Å². The minimum Gasteiger partial charge on any atom is -0.336 e. The normalized spacial score (nSPS) is 20.2. The molecule has 0 N–H and O–H groups in total. The van der Waals surface area contributed by atoms with Crippen LogP contribution in [0.5, 0.6) is 0 Å². The van der Waals surface area contributed by atoms with Gasteiger partial charge in [-0.25, -0.2) is 0 Å². The van der Waals surface area contributed by atoms with E-state index in [0.717, 1.165) is 16.3 Å². The standard InChI is InChI=1S/C17H18FNO3S/c1-12(15-7-6-14-4-2-3-5-16(14)9-15)19-10-13(8-17(19)20)11-23(18,21)22/h2-7,9,12-13H,8,10-11H2,1H3/t12-,13?/m0/s1. The summed E-state index contributed by atoms with van der Waals surface area (Å²) in [6.45, 7) is 2.18. The van der Waals surface area contributed by atoms with Crippen LogP contribution in [-0.2, 0) is 15.0 Å². The minimum atomic E-state index is -4.55. The summed E-state index contributed by atoms with van der Waals surface area (Å²) in [5, 5.41) is 2.21. The lowest BCUT2D eigenvalue weighted by molar-refractivity contribution is -0.129. The number of amides is 1. The second kappa shape index (κ2) is 5.92. The van der Waals surface area contributed by atoms with E-state index >= 15 is 0 Å². The summed E-state index contributed by atoms with van der Waals surface area (Å²) < 4.78 is 34.4. The predicted molar refractivity (Wildman–Crippen MR) is 87.1 cm³/mol. The van der Waals surface area contributed by atoms with Crippen LogP contribution in [0.2, 0.25) is 0 Å². The van der Waals surface area contributed by atoms with Crippen molar-refractivity contribution in [1.82, 2.24) is 4.90 Å². The monoisotopic (exact) mass is 335 g/mol. The van der Waals surface area contributed by atoms with E-state index in [4.69, 9.17) is 0 Å². The first-order valence-electron chi connectivity index (χ1n) is 7.54. The number of nitrogens with zero attached hydrogens (tertiary/aromatic N) is 1. The zero-order valence-electron chi connectivity index (χ0n) is 12.8. The first-order chi connectivity index (χ1) is 10.8. The van der Waals surface area contributed by atoms with Gasteiger partial charge in [-0.05, 0) is 29.3 Å². The maximum atomic E-state index is 12.8. The van der Waals surface area contributed by atoms with E-state index in [1.54, 1.807) is 4.90 Å². The van der Waals surface area contributed by atoms with E-state index in [-0.39, 0.29) is 24.9 Å². The zero-order valence-corrected chi connectivity index (χ0v) is 13.6. The number of likely N-dealkylation sites (tertiary alicyclic amines) is 1. The number of hydrogen-bond donors (Lipinski definition) is 0. The van der Waals surface area contributed by atoms with Crippen molar-refractivity contribution < 1.29 is 17.1 Å². The maximum Gasteiger partial charge on any atom is 0.302 e. The average molecular weight is 335 g/mol. The molecule has 3 rings (SSSR count). The van der Waals surface area contributed by atoms with E-state index in [1.807, 2.05) is 49.4 Å². The third kappa shape index (κ3) is 3.52. The second-order valence-electron chi connectivity index (χ2n) is 6.10. The highest BCUT2D eigenvalue weighted by atomic mass is 32.3. The van der Waals surface area contributed by atoms with Crippen molar-refractivity contribution in [3.8, 4) is 0 Å². The molecule has 1 heterocycles. The molecule has 0 radical (unpaired) electrons. The van der Waals surface area contributed by atoms with Crippen molar-refractivity contribution >= 4 is 26.9 Å². The molecule has 0 spiro atoms. The zero-order chi connectivity index (χ0) is 16.6. The summed E-state index contributed by atoms with van der Waals surface area (Å²) in [6, 6.07) is 13.8. The van der Waals surface area contributed by atoms with Crippen LogP contribution in [0.4, 0.5) is 3.89 Å². The number of hydrogen-bond acceptors (Lipinski definition) is 3. The van der Waals surface area contributed by atoms with Gasteiger partial charge in [0.15, 0.2) is 0 Å². The highest BCUT2D eigenvalue weighted by Gasteiger charge is 2.35. The highest BCUT2D eigenvalue weighted by molar-refractivity contribution is 7.86. The van der Waals surface area contributed by atoms with E-state index in [0.29, 0.717) is 0 Å². The van der Waals surface area contributed by atoms with E-state index in [1.165, 1.54) is 0 Å². The molecule has 2 atom stereocenters. The van der Waals surface area contributed by atoms with E-state index in [9.17, 15) is 17.1 Å². The van der Waals surface area contributed by atoms with Gasteiger partial charge >= 0.3 is 10.2 Å². The molecular weight excluding hydrogens is 317 g/mol. The Bertz CT molecular complexity index is 850. The first-order valence-corrected chi connectivity index (χ1v) is 9.09. The summed E-state index contributed by atoms with van der Waals surface area (Å²) in [5.41, 5.74) is 0.987. The fourth-order valence-corrected chi connectivity index (χ4v) is 4.01. The van der Waals surface area contributed by atoms with Crippen LogP contribution in [0.1, 0.15) is 24.9 Å². The molecule has 1 aliphatic rings. The molecule has 23 heavy (non-hydrogen) atoms. The van der Waals surface area contributed by atoms with Gasteiger partial charge in [-0.3, -0.25) is 4.79 Å². The maximum absolute atomic E-state index is 12.8. The lowest BCUT2D eigenvalue weighted by atomic mass is 10.0. The Hall–Kier alpha value is -1.95. The summed E-state index contributed by atoms with van der Waals surface area (Å²) in [7, 11) is -4.55. The van der Waals surface area contributed by atoms with Crippen LogP contribution < -0.4 is 0 Å². The van der Waals surface area contributed by atoms with Crippen LogP contribution in [0, 0.1) is 5.92 Å². The largest absolute Gasteiger partial charge is 0.336 e. The van der Waals surface area contributed by atoms with Gasteiger partial charge in [-0.2, -0.15) is 8.42 Å². The quantitative estimate of drug-likeness (QED) is 0.807. The number of carbonyl (C=O) groups is 1. The van der Waals surface area contributed by atoms with Crippen molar-refractivity contribution in [3.63, 3.8) is 0 Å². The van der Waals surface area contributed by atoms with Gasteiger partial charge in [0.05, 0.1) is 11.8 Å². The Morgan fingerprint density at radius 3 is 2.61 bits per heavy atom. The number of halogens is 1. The summed E-state index contributed by atoms with van der Waals surface area (Å²) in [5.74, 6) is -1.18. The smallest absolute Gasteiger partial charge is 0.302 e. The summed E-state index contributed by atoms with van der Waals surface area (Å²) in [4.78, 5) is 13.8. The molecule has 1 aliphatic heterocycles. The van der Waals surface area contributed by atoms with Crippen LogP contribution in [0.3, 0.4) is 0 Å². The Morgan fingerprint density at radius 2 is 1.91 bits per heavy atom. The Kier molecular flexibility index (Phi) is 4.10. The fourth-order valence-electron chi connectivity index (χ4n) is 3.22. The first kappa shape index (κ1) is 15.9. The molecule has 6 heteroatoms. The number of fused-ring (bicyclic) bond motifs is 1. The van der Waals surface area contributed by atoms with Crippen molar-refractivity contribution in [1.29, 1.82) is 0 Å². The van der Waals surface area contributed by atoms with Gasteiger partial charge in [-0.1, -0.05) is 36.4 Å². The molecule has 0 bridgehead atoms. The van der Waals surface area contributed by atoms with Crippen LogP contribution >= 0.6 is 0 Å². The molecule has 1 unspecified atom stereocenters. The fraction of sp³-hybridized carbons (Fsp3) is 0.353. The number of carbonyl (C=O) groups excluding carboxylic acids is 1. The molecule has 0 saturated carbocycles. The van der Waals surface area contributed by atoms with Crippen molar-refractivity contribution in [2.45, 2.75) is 19.4 Å². The lowest BCUT2D eigenvalue weighted by Crippen LogP contribution is -2.29. The van der Waals surface area contributed by atoms with E-state index < -0.39 is 21.9 Å². The van der Waals surface area contributed by atoms with Gasteiger partial charge in [0.1, 0.15) is 0 Å². The molecule has 1 saturated heterocycles. The average Bonchev–Trinajstić information content (AvgIpc) is 2.84. The third-order valence-corrected chi connectivity index (χ3v) is 5.27. The number of benzene rings is 2. The van der Waals surface area contributed by atoms with Gasteiger partial charge in [-0.15, -0.1) is 3.89 Å². The Balaban J connectivity index is 1.81. The SMILES string of the molecule is C[C@@H](c1ccc2ccccc2c1)N1CC(CS(=O)(=O)F)CC1=O. The second-order valence-corrected chi connectivity index (χ2v) is 7.52. The third-order valence-electron chi connectivity index (χ3n) is 4.40. The molecule has 0 aliphatic carbocycles. The van der Waals surface area contributed by atoms with Gasteiger partial charge < -0.3 is 4.90 Å². The molecule has 122 valence electrons. The molecule has 2 aromatic rings. The summed E-state index contributed by atoms with van der Waals surface area (Å²) >= 11 is 0. The van der Waals surface area contributed by atoms with Gasteiger partial charge in [0, 0.05) is 18.9 Å². The van der Waals surface area contributed by atoms with Crippen molar-refractivity contribution in [3.05, 3.63) is 48.0 Å². The summed E-state index contributed by atoms with van der Waals surface area (Å²) in [6.07, 6.45) is 0.0844. The predicted octanol–water partition coefficient (Wildman–Crippen LogP) is 3.05. The lowest BCUT2D eigenvalue weighted by Gasteiger charge is -2.25. The topological polar surface area (TPSA) is 54.5 Å². The van der Waals surface area contributed by atoms with E-state index in [2.05, 4.69) is 0 Å².